The smallest absolute Gasteiger partial charge is 0.0786 e. The highest BCUT2D eigenvalue weighted by Gasteiger charge is 2.15. The maximum Gasteiger partial charge on any atom is 0.0786 e. The highest BCUT2D eigenvalue weighted by Crippen LogP contribution is 2.37. The summed E-state index contributed by atoms with van der Waals surface area (Å²) in [6.07, 6.45) is 1.93. The molecule has 0 radical (unpaired) electrons. The first kappa shape index (κ1) is 18.8. The van der Waals surface area contributed by atoms with Crippen LogP contribution in [0.1, 0.15) is 37.5 Å². The molecule has 0 unspecified atom stereocenters. The van der Waals surface area contributed by atoms with E-state index in [0.717, 1.165) is 5.69 Å². The standard InChI is InChI=1S/C29H27N/c1-18-14-19(2)16-22(15-18)28-27-20(12-13-30-28)6-9-25-24-11-8-23(29(3,4)5)17-21(24)7-10-26(25)27/h6-17H,1-5H3. The first-order valence-electron chi connectivity index (χ1n) is 10.6. The second kappa shape index (κ2) is 6.67. The van der Waals surface area contributed by atoms with Gasteiger partial charge >= 0.3 is 0 Å². The average molecular weight is 390 g/mol. The van der Waals surface area contributed by atoms with Crippen LogP contribution in [0, 0.1) is 13.8 Å². The van der Waals surface area contributed by atoms with Crippen LogP contribution in [0.3, 0.4) is 0 Å². The Hall–Kier alpha value is -3.19. The first-order chi connectivity index (χ1) is 14.3. The molecule has 1 heteroatoms. The number of pyridine rings is 1. The third-order valence-corrected chi connectivity index (χ3v) is 6.10. The summed E-state index contributed by atoms with van der Waals surface area (Å²) < 4.78 is 0. The van der Waals surface area contributed by atoms with Crippen molar-refractivity contribution in [3.05, 3.63) is 89.6 Å². The zero-order valence-electron chi connectivity index (χ0n) is 18.4. The highest BCUT2D eigenvalue weighted by molar-refractivity contribution is 6.20. The minimum absolute atomic E-state index is 0.145. The van der Waals surface area contributed by atoms with Gasteiger partial charge in [0.2, 0.25) is 0 Å². The summed E-state index contributed by atoms with van der Waals surface area (Å²) in [5.74, 6) is 0. The van der Waals surface area contributed by atoms with Gasteiger partial charge < -0.3 is 0 Å². The van der Waals surface area contributed by atoms with Gasteiger partial charge in [-0.2, -0.15) is 0 Å². The molecular weight excluding hydrogens is 362 g/mol. The normalized spacial score (nSPS) is 12.2. The van der Waals surface area contributed by atoms with E-state index in [0.29, 0.717) is 0 Å². The van der Waals surface area contributed by atoms with Crippen molar-refractivity contribution in [1.29, 1.82) is 0 Å². The zero-order valence-corrected chi connectivity index (χ0v) is 18.4. The quantitative estimate of drug-likeness (QED) is 0.264. The Morgan fingerprint density at radius 3 is 2.03 bits per heavy atom. The lowest BCUT2D eigenvalue weighted by atomic mass is 9.85. The Balaban J connectivity index is 1.86. The lowest BCUT2D eigenvalue weighted by molar-refractivity contribution is 0.591. The van der Waals surface area contributed by atoms with Crippen LogP contribution in [0.15, 0.2) is 72.9 Å². The topological polar surface area (TPSA) is 12.9 Å². The van der Waals surface area contributed by atoms with Crippen molar-refractivity contribution >= 4 is 32.3 Å². The van der Waals surface area contributed by atoms with Crippen LogP contribution in [-0.2, 0) is 5.41 Å². The first-order valence-corrected chi connectivity index (χ1v) is 10.6. The Bertz CT molecular complexity index is 1410. The molecule has 148 valence electrons. The van der Waals surface area contributed by atoms with Crippen molar-refractivity contribution in [2.45, 2.75) is 40.0 Å². The summed E-state index contributed by atoms with van der Waals surface area (Å²) >= 11 is 0. The van der Waals surface area contributed by atoms with E-state index in [-0.39, 0.29) is 5.41 Å². The Labute approximate surface area is 178 Å². The molecule has 0 saturated heterocycles. The molecule has 30 heavy (non-hydrogen) atoms. The lowest BCUT2D eigenvalue weighted by Gasteiger charge is -2.20. The average Bonchev–Trinajstić information content (AvgIpc) is 2.71. The summed E-state index contributed by atoms with van der Waals surface area (Å²) in [5, 5.41) is 7.63. The molecule has 0 N–H and O–H groups in total. The Morgan fingerprint density at radius 1 is 0.633 bits per heavy atom. The number of aryl methyl sites for hydroxylation is 2. The summed E-state index contributed by atoms with van der Waals surface area (Å²) in [5.41, 5.74) is 6.30. The fourth-order valence-corrected chi connectivity index (χ4v) is 4.62. The van der Waals surface area contributed by atoms with Gasteiger partial charge in [-0.15, -0.1) is 0 Å². The van der Waals surface area contributed by atoms with Crippen molar-refractivity contribution in [2.75, 3.05) is 0 Å². The van der Waals surface area contributed by atoms with Crippen LogP contribution in [0.25, 0.3) is 43.6 Å². The molecule has 0 saturated carbocycles. The van der Waals surface area contributed by atoms with E-state index in [1.54, 1.807) is 0 Å². The maximum atomic E-state index is 4.84. The minimum Gasteiger partial charge on any atom is -0.256 e. The molecule has 1 nitrogen and oxygen atoms in total. The fourth-order valence-electron chi connectivity index (χ4n) is 4.62. The van der Waals surface area contributed by atoms with E-state index in [9.17, 15) is 0 Å². The monoisotopic (exact) mass is 389 g/mol. The molecule has 1 aromatic heterocycles. The molecule has 0 aliphatic rings. The molecule has 0 bridgehead atoms. The second-order valence-electron chi connectivity index (χ2n) is 9.55. The summed E-state index contributed by atoms with van der Waals surface area (Å²) in [6, 6.07) is 24.8. The predicted molar refractivity (Wildman–Crippen MR) is 130 cm³/mol. The van der Waals surface area contributed by atoms with Crippen molar-refractivity contribution in [1.82, 2.24) is 4.98 Å². The predicted octanol–water partition coefficient (Wildman–Crippen LogP) is 8.12. The van der Waals surface area contributed by atoms with Crippen LogP contribution >= 0.6 is 0 Å². The van der Waals surface area contributed by atoms with E-state index in [2.05, 4.69) is 101 Å². The summed E-state index contributed by atoms with van der Waals surface area (Å²) in [4.78, 5) is 4.84. The van der Waals surface area contributed by atoms with E-state index >= 15 is 0 Å². The van der Waals surface area contributed by atoms with Gasteiger partial charge in [0.25, 0.3) is 0 Å². The lowest BCUT2D eigenvalue weighted by Crippen LogP contribution is -2.10. The summed E-state index contributed by atoms with van der Waals surface area (Å²) in [7, 11) is 0. The number of hydrogen-bond donors (Lipinski definition) is 0. The van der Waals surface area contributed by atoms with Crippen molar-refractivity contribution in [3.8, 4) is 11.3 Å². The molecule has 4 aromatic carbocycles. The van der Waals surface area contributed by atoms with E-state index in [1.807, 2.05) is 6.20 Å². The maximum absolute atomic E-state index is 4.84. The minimum atomic E-state index is 0.145. The van der Waals surface area contributed by atoms with Crippen LogP contribution in [0.2, 0.25) is 0 Å². The van der Waals surface area contributed by atoms with Crippen molar-refractivity contribution in [3.63, 3.8) is 0 Å². The van der Waals surface area contributed by atoms with Gasteiger partial charge in [0.05, 0.1) is 5.69 Å². The molecule has 1 heterocycles. The highest BCUT2D eigenvalue weighted by atomic mass is 14.7. The van der Waals surface area contributed by atoms with Crippen LogP contribution in [0.4, 0.5) is 0 Å². The third-order valence-electron chi connectivity index (χ3n) is 6.10. The molecule has 0 atom stereocenters. The largest absolute Gasteiger partial charge is 0.256 e. The van der Waals surface area contributed by atoms with E-state index in [4.69, 9.17) is 4.98 Å². The molecule has 0 amide bonds. The van der Waals surface area contributed by atoms with Crippen LogP contribution in [0.5, 0.6) is 0 Å². The second-order valence-corrected chi connectivity index (χ2v) is 9.55. The molecule has 0 aliphatic heterocycles. The molecule has 0 spiro atoms. The van der Waals surface area contributed by atoms with Crippen molar-refractivity contribution in [2.24, 2.45) is 0 Å². The molecule has 5 rings (SSSR count). The van der Waals surface area contributed by atoms with Gasteiger partial charge in [-0.25, -0.2) is 0 Å². The van der Waals surface area contributed by atoms with E-state index in [1.165, 1.54) is 54.6 Å². The van der Waals surface area contributed by atoms with Gasteiger partial charge in [0.15, 0.2) is 0 Å². The number of aromatic nitrogens is 1. The zero-order chi connectivity index (χ0) is 21.0. The van der Waals surface area contributed by atoms with Gasteiger partial charge in [0, 0.05) is 17.1 Å². The molecular formula is C29H27N. The number of rotatable bonds is 1. The van der Waals surface area contributed by atoms with Gasteiger partial charge in [-0.05, 0) is 70.0 Å². The number of fused-ring (bicyclic) bond motifs is 5. The Morgan fingerprint density at radius 2 is 1.30 bits per heavy atom. The Kier molecular flexibility index (Phi) is 4.18. The third kappa shape index (κ3) is 3.06. The summed E-state index contributed by atoms with van der Waals surface area (Å²) in [6.45, 7) is 11.1. The van der Waals surface area contributed by atoms with Crippen LogP contribution in [-0.4, -0.2) is 4.98 Å². The van der Waals surface area contributed by atoms with Gasteiger partial charge in [-0.3, -0.25) is 4.98 Å². The number of benzene rings is 4. The number of nitrogens with zero attached hydrogens (tertiary/aromatic N) is 1. The fraction of sp³-hybridized carbons (Fsp3) is 0.207. The number of hydrogen-bond acceptors (Lipinski definition) is 1. The van der Waals surface area contributed by atoms with Crippen LogP contribution < -0.4 is 0 Å². The van der Waals surface area contributed by atoms with Gasteiger partial charge in [0.1, 0.15) is 0 Å². The van der Waals surface area contributed by atoms with Gasteiger partial charge in [-0.1, -0.05) is 80.4 Å². The SMILES string of the molecule is Cc1cc(C)cc(-c2nccc3ccc4c5ccc(C(C)(C)C)cc5ccc4c23)c1. The molecule has 5 aromatic rings. The van der Waals surface area contributed by atoms with Crippen molar-refractivity contribution < 1.29 is 0 Å². The van der Waals surface area contributed by atoms with E-state index < -0.39 is 0 Å². The molecule has 0 fully saturated rings. The molecule has 0 aliphatic carbocycles.